The van der Waals surface area contributed by atoms with Crippen LogP contribution in [-0.4, -0.2) is 41.2 Å². The lowest BCUT2D eigenvalue weighted by molar-refractivity contribution is -0.137. The zero-order valence-corrected chi connectivity index (χ0v) is 21.2. The molecule has 1 saturated carbocycles. The first kappa shape index (κ1) is 27.2. The van der Waals surface area contributed by atoms with Gasteiger partial charge in [0.1, 0.15) is 17.7 Å². The van der Waals surface area contributed by atoms with Gasteiger partial charge in [-0.05, 0) is 56.0 Å². The van der Waals surface area contributed by atoms with E-state index in [1.54, 1.807) is 17.0 Å². The van der Waals surface area contributed by atoms with Crippen molar-refractivity contribution in [1.29, 1.82) is 0 Å². The smallest absolute Gasteiger partial charge is 0.416 e. The molecule has 3 amide bonds. The lowest BCUT2D eigenvalue weighted by Crippen LogP contribution is -2.34. The molecule has 1 saturated heterocycles. The SMILES string of the molecule is O=C(Nc1ccc(Oc2ccnc(NC(=O)C3CC3)c2)nc1)Nc1cc(N2CCC(F)CC2)cc(C(F)(F)F)c1. The van der Waals surface area contributed by atoms with Crippen LogP contribution < -0.4 is 25.6 Å². The largest absolute Gasteiger partial charge is 0.439 e. The maximum absolute atomic E-state index is 13.5. The van der Waals surface area contributed by atoms with Gasteiger partial charge in [-0.3, -0.25) is 4.79 Å². The van der Waals surface area contributed by atoms with Gasteiger partial charge in [-0.25, -0.2) is 19.2 Å². The number of carbonyl (C=O) groups is 2. The molecule has 9 nitrogen and oxygen atoms in total. The summed E-state index contributed by atoms with van der Waals surface area (Å²) in [6.45, 7) is 0.564. The summed E-state index contributed by atoms with van der Waals surface area (Å²) < 4.78 is 59.8. The predicted octanol–water partition coefficient (Wildman–Crippen LogP) is 6.22. The number of nitrogens with zero attached hydrogens (tertiary/aromatic N) is 3. The Labute approximate surface area is 226 Å². The molecule has 2 aromatic heterocycles. The highest BCUT2D eigenvalue weighted by Crippen LogP contribution is 2.35. The van der Waals surface area contributed by atoms with Crippen LogP contribution in [-0.2, 0) is 11.0 Å². The highest BCUT2D eigenvalue weighted by atomic mass is 19.4. The molecule has 5 rings (SSSR count). The number of aromatic nitrogens is 2. The van der Waals surface area contributed by atoms with Crippen LogP contribution >= 0.6 is 0 Å². The molecule has 210 valence electrons. The van der Waals surface area contributed by atoms with Gasteiger partial charge in [0.05, 0.1) is 17.4 Å². The molecule has 0 spiro atoms. The van der Waals surface area contributed by atoms with Crippen molar-refractivity contribution in [3.05, 3.63) is 60.4 Å². The normalized spacial score (nSPS) is 15.8. The third-order valence-corrected chi connectivity index (χ3v) is 6.44. The molecule has 0 radical (unpaired) electrons. The van der Waals surface area contributed by atoms with Gasteiger partial charge in [0.2, 0.25) is 11.8 Å². The number of piperidine rings is 1. The van der Waals surface area contributed by atoms with Crippen LogP contribution in [0.1, 0.15) is 31.2 Å². The third kappa shape index (κ3) is 7.16. The number of carbonyl (C=O) groups excluding carboxylic acids is 2. The Morgan fingerprint density at radius 1 is 0.900 bits per heavy atom. The number of hydrogen-bond donors (Lipinski definition) is 3. The number of pyridine rings is 2. The fourth-order valence-electron chi connectivity index (χ4n) is 4.18. The van der Waals surface area contributed by atoms with E-state index in [1.807, 2.05) is 0 Å². The molecule has 3 N–H and O–H groups in total. The van der Waals surface area contributed by atoms with Crippen molar-refractivity contribution < 1.29 is 31.9 Å². The summed E-state index contributed by atoms with van der Waals surface area (Å²) in [5.74, 6) is 0.897. The van der Waals surface area contributed by atoms with E-state index < -0.39 is 23.9 Å². The molecule has 2 fully saturated rings. The zero-order valence-electron chi connectivity index (χ0n) is 21.2. The second-order valence-corrected chi connectivity index (χ2v) is 9.63. The summed E-state index contributed by atoms with van der Waals surface area (Å²) in [6.07, 6.45) is -0.600. The maximum atomic E-state index is 13.5. The monoisotopic (exact) mass is 558 g/mol. The van der Waals surface area contributed by atoms with Crippen LogP contribution in [0.3, 0.4) is 0 Å². The Bertz CT molecular complexity index is 1370. The number of ether oxygens (including phenoxy) is 1. The molecule has 0 bridgehead atoms. The van der Waals surface area contributed by atoms with E-state index in [9.17, 15) is 27.2 Å². The fourth-order valence-corrected chi connectivity index (χ4v) is 4.18. The van der Waals surface area contributed by atoms with Crippen molar-refractivity contribution in [2.24, 2.45) is 5.92 Å². The van der Waals surface area contributed by atoms with Crippen molar-refractivity contribution in [1.82, 2.24) is 9.97 Å². The number of nitrogens with one attached hydrogen (secondary N) is 3. The second-order valence-electron chi connectivity index (χ2n) is 9.63. The van der Waals surface area contributed by atoms with E-state index >= 15 is 0 Å². The summed E-state index contributed by atoms with van der Waals surface area (Å²) in [6, 6.07) is 8.66. The molecular weight excluding hydrogens is 532 g/mol. The molecule has 1 aromatic carbocycles. The van der Waals surface area contributed by atoms with Crippen LogP contribution in [0.4, 0.5) is 45.2 Å². The quantitative estimate of drug-likeness (QED) is 0.297. The van der Waals surface area contributed by atoms with Crippen molar-refractivity contribution in [2.75, 3.05) is 33.9 Å². The van der Waals surface area contributed by atoms with Crippen molar-refractivity contribution in [3.63, 3.8) is 0 Å². The number of rotatable bonds is 7. The highest BCUT2D eigenvalue weighted by molar-refractivity contribution is 6.00. The first-order valence-corrected chi connectivity index (χ1v) is 12.7. The number of hydrogen-bond acceptors (Lipinski definition) is 6. The predicted molar refractivity (Wildman–Crippen MR) is 140 cm³/mol. The Kier molecular flexibility index (Phi) is 7.71. The maximum Gasteiger partial charge on any atom is 0.416 e. The van der Waals surface area contributed by atoms with E-state index in [1.165, 1.54) is 30.6 Å². The van der Waals surface area contributed by atoms with E-state index in [2.05, 4.69) is 25.9 Å². The molecule has 2 aliphatic rings. The molecule has 0 unspecified atom stereocenters. The number of urea groups is 1. The summed E-state index contributed by atoms with van der Waals surface area (Å²) >= 11 is 0. The minimum Gasteiger partial charge on any atom is -0.439 e. The van der Waals surface area contributed by atoms with Gasteiger partial charge in [0.15, 0.2) is 0 Å². The third-order valence-electron chi connectivity index (χ3n) is 6.44. The molecule has 13 heteroatoms. The minimum absolute atomic E-state index is 0.0288. The lowest BCUT2D eigenvalue weighted by atomic mass is 10.1. The fraction of sp³-hybridized carbons (Fsp3) is 0.333. The van der Waals surface area contributed by atoms with Crippen LogP contribution in [0, 0.1) is 5.92 Å². The average molecular weight is 559 g/mol. The first-order valence-electron chi connectivity index (χ1n) is 12.7. The highest BCUT2D eigenvalue weighted by Gasteiger charge is 2.32. The van der Waals surface area contributed by atoms with Crippen molar-refractivity contribution >= 4 is 34.8 Å². The Morgan fingerprint density at radius 2 is 1.65 bits per heavy atom. The number of halogens is 4. The lowest BCUT2D eigenvalue weighted by Gasteiger charge is -2.31. The topological polar surface area (TPSA) is 108 Å². The van der Waals surface area contributed by atoms with Gasteiger partial charge in [-0.1, -0.05) is 0 Å². The molecule has 0 atom stereocenters. The number of alkyl halides is 4. The van der Waals surface area contributed by atoms with Gasteiger partial charge in [-0.2, -0.15) is 13.2 Å². The minimum atomic E-state index is -4.63. The van der Waals surface area contributed by atoms with Crippen molar-refractivity contribution in [3.8, 4) is 11.6 Å². The van der Waals surface area contributed by atoms with Gasteiger partial charge in [0, 0.05) is 48.7 Å². The van der Waals surface area contributed by atoms with Gasteiger partial charge in [0.25, 0.3) is 0 Å². The van der Waals surface area contributed by atoms with Gasteiger partial charge < -0.3 is 25.6 Å². The zero-order chi connectivity index (χ0) is 28.3. The van der Waals surface area contributed by atoms with E-state index in [4.69, 9.17) is 4.74 Å². The van der Waals surface area contributed by atoms with Crippen molar-refractivity contribution in [2.45, 2.75) is 38.0 Å². The average Bonchev–Trinajstić information content (AvgIpc) is 3.76. The van der Waals surface area contributed by atoms with E-state index in [-0.39, 0.29) is 60.7 Å². The summed E-state index contributed by atoms with van der Waals surface area (Å²) in [5, 5.41) is 7.68. The number of amides is 3. The van der Waals surface area contributed by atoms with Crippen LogP contribution in [0.25, 0.3) is 0 Å². The molecule has 3 heterocycles. The summed E-state index contributed by atoms with van der Waals surface area (Å²) in [5.41, 5.74) is -0.446. The van der Waals surface area contributed by atoms with Gasteiger partial charge >= 0.3 is 12.2 Å². The van der Waals surface area contributed by atoms with E-state index in [0.29, 0.717) is 11.6 Å². The molecule has 1 aliphatic carbocycles. The summed E-state index contributed by atoms with van der Waals surface area (Å²) in [7, 11) is 0. The molecule has 40 heavy (non-hydrogen) atoms. The molecule has 3 aromatic rings. The van der Waals surface area contributed by atoms with Crippen LogP contribution in [0.15, 0.2) is 54.9 Å². The Balaban J connectivity index is 1.21. The van der Waals surface area contributed by atoms with Crippen LogP contribution in [0.5, 0.6) is 11.6 Å². The Morgan fingerprint density at radius 3 is 2.33 bits per heavy atom. The Hall–Kier alpha value is -4.42. The van der Waals surface area contributed by atoms with E-state index in [0.717, 1.165) is 25.0 Å². The first-order chi connectivity index (χ1) is 19.1. The second kappa shape index (κ2) is 11.4. The van der Waals surface area contributed by atoms with Gasteiger partial charge in [-0.15, -0.1) is 0 Å². The molecule has 1 aliphatic heterocycles. The molecular formula is C27H26F4N6O3. The number of benzene rings is 1. The number of anilines is 4. The van der Waals surface area contributed by atoms with Crippen LogP contribution in [0.2, 0.25) is 0 Å². The standard InChI is InChI=1S/C27H26F4N6O3/c28-18-6-9-37(10-7-18)21-12-17(27(29,30)31)11-20(13-21)35-26(39)34-19-3-4-24(33-15-19)40-22-5-8-32-23(14-22)36-25(38)16-1-2-16/h3-5,8,11-16,18H,1-2,6-7,9-10H2,(H,32,36,38)(H2,34,35,39). The summed E-state index contributed by atoms with van der Waals surface area (Å²) in [4.78, 5) is 34.4.